The summed E-state index contributed by atoms with van der Waals surface area (Å²) in [5.74, 6) is -0.910. The number of imide groups is 1. The van der Waals surface area contributed by atoms with Crippen LogP contribution in [0.25, 0.3) is 21.7 Å². The number of nitrogens with one attached hydrogen (secondary N) is 2. The highest BCUT2D eigenvalue weighted by Crippen LogP contribution is 2.32. The molecule has 0 fully saturated rings. The van der Waals surface area contributed by atoms with Gasteiger partial charge in [0.1, 0.15) is 11.3 Å². The summed E-state index contributed by atoms with van der Waals surface area (Å²) in [6.07, 6.45) is 0. The second kappa shape index (κ2) is 6.76. The second-order valence-electron chi connectivity index (χ2n) is 7.56. The molecule has 5 rings (SSSR count). The van der Waals surface area contributed by atoms with E-state index in [0.29, 0.717) is 38.6 Å². The summed E-state index contributed by atoms with van der Waals surface area (Å²) < 4.78 is 34.4. The van der Waals surface area contributed by atoms with E-state index >= 15 is 0 Å². The number of sulfonamides is 1. The van der Waals surface area contributed by atoms with Gasteiger partial charge in [0.2, 0.25) is 0 Å². The number of rotatable bonds is 4. The Morgan fingerprint density at radius 3 is 2.50 bits per heavy atom. The number of furan rings is 1. The van der Waals surface area contributed by atoms with Gasteiger partial charge >= 0.3 is 0 Å². The highest BCUT2D eigenvalue weighted by Gasteiger charge is 2.28. The lowest BCUT2D eigenvalue weighted by Gasteiger charge is -2.18. The molecule has 3 aromatic carbocycles. The van der Waals surface area contributed by atoms with Gasteiger partial charge in [-0.05, 0) is 55.6 Å². The minimum absolute atomic E-state index is 0.109. The van der Waals surface area contributed by atoms with Crippen molar-refractivity contribution >= 4 is 55.0 Å². The summed E-state index contributed by atoms with van der Waals surface area (Å²) in [7, 11) is -4.09. The molecule has 0 atom stereocenters. The van der Waals surface area contributed by atoms with Crippen LogP contribution in [0.5, 0.6) is 0 Å². The first-order valence-electron chi connectivity index (χ1n) is 9.65. The molecular weight excluding hydrogens is 432 g/mol. The zero-order valence-corrected chi connectivity index (χ0v) is 17.8. The third-order valence-corrected chi connectivity index (χ3v) is 6.81. The van der Waals surface area contributed by atoms with Crippen molar-refractivity contribution in [2.24, 2.45) is 0 Å². The lowest BCUT2D eigenvalue weighted by Crippen LogP contribution is -2.34. The molecule has 0 saturated heterocycles. The van der Waals surface area contributed by atoms with Crippen LogP contribution in [0.4, 0.5) is 5.69 Å². The maximum absolute atomic E-state index is 13.1. The Bertz CT molecular complexity index is 1610. The summed E-state index contributed by atoms with van der Waals surface area (Å²) in [5.41, 5.74) is 1.53. The quantitative estimate of drug-likeness (QED) is 0.362. The molecule has 8 nitrogen and oxygen atoms in total. The number of hydrogen-bond acceptors (Lipinski definition) is 6. The van der Waals surface area contributed by atoms with Crippen LogP contribution < -0.4 is 10.0 Å². The first-order chi connectivity index (χ1) is 15.2. The second-order valence-corrected chi connectivity index (χ2v) is 9.25. The van der Waals surface area contributed by atoms with E-state index in [1.165, 1.54) is 31.2 Å². The number of hydrogen-bond donors (Lipinski definition) is 2. The van der Waals surface area contributed by atoms with E-state index in [4.69, 9.17) is 4.42 Å². The van der Waals surface area contributed by atoms with Crippen LogP contribution in [0.1, 0.15) is 43.8 Å². The number of fused-ring (bicyclic) bond motifs is 1. The van der Waals surface area contributed by atoms with Gasteiger partial charge in [-0.25, -0.2) is 8.42 Å². The summed E-state index contributed by atoms with van der Waals surface area (Å²) in [6.45, 7) is 3.09. The van der Waals surface area contributed by atoms with Gasteiger partial charge in [0, 0.05) is 27.6 Å². The van der Waals surface area contributed by atoms with Crippen molar-refractivity contribution in [1.29, 1.82) is 0 Å². The normalized spacial score (nSPS) is 13.4. The van der Waals surface area contributed by atoms with E-state index in [9.17, 15) is 22.8 Å². The maximum Gasteiger partial charge on any atom is 0.261 e. The molecule has 160 valence electrons. The largest absolute Gasteiger partial charge is 0.461 e. The van der Waals surface area contributed by atoms with Crippen molar-refractivity contribution in [3.63, 3.8) is 0 Å². The fourth-order valence-corrected chi connectivity index (χ4v) is 5.21. The van der Waals surface area contributed by atoms with E-state index < -0.39 is 21.8 Å². The van der Waals surface area contributed by atoms with Crippen LogP contribution in [0.2, 0.25) is 0 Å². The topological polar surface area (TPSA) is 123 Å². The van der Waals surface area contributed by atoms with E-state index in [1.807, 2.05) is 0 Å². The van der Waals surface area contributed by atoms with Crippen molar-refractivity contribution in [2.45, 2.75) is 18.7 Å². The molecule has 4 aromatic rings. The molecule has 0 spiro atoms. The molecule has 0 radical (unpaired) electrons. The van der Waals surface area contributed by atoms with Crippen molar-refractivity contribution in [3.05, 3.63) is 71.0 Å². The predicted molar refractivity (Wildman–Crippen MR) is 118 cm³/mol. The Kier molecular flexibility index (Phi) is 4.22. The van der Waals surface area contributed by atoms with E-state index in [0.717, 1.165) is 0 Å². The lowest BCUT2D eigenvalue weighted by atomic mass is 9.95. The Morgan fingerprint density at radius 1 is 1.00 bits per heavy atom. The number of ketones is 1. The first-order valence-corrected chi connectivity index (χ1v) is 11.1. The SMILES string of the molecule is CC(=O)c1c(C)oc2ccc(NS(=O)(=O)c3cc4c5c(cccc5c3)C(=O)NC4=O)cc12. The van der Waals surface area contributed by atoms with Crippen LogP contribution in [0.15, 0.2) is 57.8 Å². The van der Waals surface area contributed by atoms with Crippen molar-refractivity contribution < 1.29 is 27.2 Å². The van der Waals surface area contributed by atoms with Gasteiger partial charge < -0.3 is 4.42 Å². The molecule has 9 heteroatoms. The highest BCUT2D eigenvalue weighted by atomic mass is 32.2. The molecule has 0 saturated carbocycles. The molecular formula is C23H16N2O6S. The zero-order chi connectivity index (χ0) is 22.8. The van der Waals surface area contributed by atoms with Crippen LogP contribution in [0, 0.1) is 6.92 Å². The van der Waals surface area contributed by atoms with Gasteiger partial charge in [-0.3, -0.25) is 24.4 Å². The fraction of sp³-hybridized carbons (Fsp3) is 0.0870. The lowest BCUT2D eigenvalue weighted by molar-refractivity contribution is 0.0844. The number of benzene rings is 3. The van der Waals surface area contributed by atoms with Crippen molar-refractivity contribution in [3.8, 4) is 0 Å². The number of carbonyl (C=O) groups is 3. The van der Waals surface area contributed by atoms with Gasteiger partial charge in [-0.15, -0.1) is 0 Å². The van der Waals surface area contributed by atoms with Gasteiger partial charge in [0.05, 0.1) is 10.5 Å². The fourth-order valence-electron chi connectivity index (χ4n) is 4.10. The van der Waals surface area contributed by atoms with Crippen molar-refractivity contribution in [1.82, 2.24) is 5.32 Å². The first kappa shape index (κ1) is 20.0. The average molecular weight is 448 g/mol. The number of carbonyl (C=O) groups excluding carboxylic acids is 3. The van der Waals surface area contributed by atoms with Crippen LogP contribution >= 0.6 is 0 Å². The zero-order valence-electron chi connectivity index (χ0n) is 17.0. The Hall–Kier alpha value is -3.98. The van der Waals surface area contributed by atoms with Crippen molar-refractivity contribution in [2.75, 3.05) is 4.72 Å². The van der Waals surface area contributed by atoms with Crippen LogP contribution in [0.3, 0.4) is 0 Å². The standard InChI is InChI=1S/C23H16N2O6S/c1-11(26)20-12(2)31-19-7-6-14(9-17(19)20)25-32(29,30)15-8-13-4-3-5-16-21(13)18(10-15)23(28)24-22(16)27/h3-10,25H,1-2H3,(H,24,27,28). The van der Waals surface area contributed by atoms with Gasteiger partial charge in [-0.1, -0.05) is 12.1 Å². The van der Waals surface area contributed by atoms with Gasteiger partial charge in [0.15, 0.2) is 5.78 Å². The smallest absolute Gasteiger partial charge is 0.261 e. The van der Waals surface area contributed by atoms with E-state index in [-0.39, 0.29) is 21.9 Å². The summed E-state index contributed by atoms with van der Waals surface area (Å²) in [4.78, 5) is 36.3. The third-order valence-electron chi connectivity index (χ3n) is 5.45. The number of Topliss-reactive ketones (excluding diaryl/α,β-unsaturated/α-hetero) is 1. The minimum Gasteiger partial charge on any atom is -0.461 e. The number of anilines is 1. The Labute approximate surface area is 182 Å². The highest BCUT2D eigenvalue weighted by molar-refractivity contribution is 7.92. The number of aryl methyl sites for hydroxylation is 1. The molecule has 0 aliphatic carbocycles. The minimum atomic E-state index is -4.09. The van der Waals surface area contributed by atoms with E-state index in [1.54, 1.807) is 31.2 Å². The van der Waals surface area contributed by atoms with Gasteiger partial charge in [-0.2, -0.15) is 0 Å². The Balaban J connectivity index is 1.62. The molecule has 2 N–H and O–H groups in total. The Morgan fingerprint density at radius 2 is 1.75 bits per heavy atom. The van der Waals surface area contributed by atoms with E-state index in [2.05, 4.69) is 10.0 Å². The molecule has 32 heavy (non-hydrogen) atoms. The summed E-state index contributed by atoms with van der Waals surface area (Å²) in [5, 5.41) is 3.61. The molecule has 1 aliphatic heterocycles. The molecule has 1 aliphatic rings. The number of amides is 2. The monoisotopic (exact) mass is 448 g/mol. The predicted octanol–water partition coefficient (Wildman–Crippen LogP) is 3.78. The van der Waals surface area contributed by atoms with Crippen LogP contribution in [-0.4, -0.2) is 26.0 Å². The van der Waals surface area contributed by atoms with Crippen LogP contribution in [-0.2, 0) is 10.0 Å². The average Bonchev–Trinajstić information content (AvgIpc) is 3.06. The third kappa shape index (κ3) is 2.97. The molecule has 2 amide bonds. The summed E-state index contributed by atoms with van der Waals surface area (Å²) >= 11 is 0. The maximum atomic E-state index is 13.1. The molecule has 0 bridgehead atoms. The van der Waals surface area contributed by atoms with Gasteiger partial charge in [0.25, 0.3) is 21.8 Å². The molecule has 1 aromatic heterocycles. The molecule has 0 unspecified atom stereocenters. The summed E-state index contributed by atoms with van der Waals surface area (Å²) in [6, 6.07) is 12.2. The molecule has 2 heterocycles.